The van der Waals surface area contributed by atoms with Gasteiger partial charge in [0.05, 0.1) is 14.4 Å². The fraction of sp³-hybridized carbons (Fsp3) is 0.533. The van der Waals surface area contributed by atoms with Gasteiger partial charge in [0.1, 0.15) is 6.61 Å². The first-order valence-corrected chi connectivity index (χ1v) is 14.2. The molecule has 238 valence electrons. The molecule has 0 rings (SSSR count). The number of esters is 2. The molecule has 0 amide bonds. The molecule has 0 aromatic carbocycles. The minimum Gasteiger partial charge on any atom is -0.790 e. The van der Waals surface area contributed by atoms with Crippen LogP contribution in [0.1, 0.15) is 99.7 Å². The van der Waals surface area contributed by atoms with E-state index in [2.05, 4.69) is 76.6 Å². The van der Waals surface area contributed by atoms with Gasteiger partial charge >= 0.3 is 71.1 Å². The van der Waals surface area contributed by atoms with Crippen LogP contribution in [-0.2, 0) is 28.2 Å². The van der Waals surface area contributed by atoms with Gasteiger partial charge < -0.3 is 28.3 Å². The van der Waals surface area contributed by atoms with Crippen molar-refractivity contribution < 1.29 is 113 Å². The van der Waals surface area contributed by atoms with Crippen LogP contribution in [-0.4, -0.2) is 31.3 Å². The van der Waals surface area contributed by atoms with Gasteiger partial charge in [0.25, 0.3) is 0 Å². The van der Waals surface area contributed by atoms with Crippen LogP contribution in [0.25, 0.3) is 0 Å². The van der Waals surface area contributed by atoms with Crippen molar-refractivity contribution in [3.63, 3.8) is 0 Å². The fourth-order valence-corrected chi connectivity index (χ4v) is 3.36. The van der Waals surface area contributed by atoms with E-state index in [9.17, 15) is 23.9 Å². The minimum atomic E-state index is -5.31. The summed E-state index contributed by atoms with van der Waals surface area (Å²) in [7, 11) is -5.31. The molecule has 0 spiro atoms. The molecule has 1 atom stereocenters. The molecule has 0 heterocycles. The molecule has 0 N–H and O–H groups in total. The third kappa shape index (κ3) is 36.8. The summed E-state index contributed by atoms with van der Waals surface area (Å²) in [6.45, 7) is 0.861. The van der Waals surface area contributed by atoms with Gasteiger partial charge in [0.15, 0.2) is 6.10 Å². The second-order valence-corrected chi connectivity index (χ2v) is 9.29. The summed E-state index contributed by atoms with van der Waals surface area (Å²) in [5.41, 5.74) is 0. The van der Waals surface area contributed by atoms with Gasteiger partial charge in [0, 0.05) is 28.0 Å². The third-order valence-corrected chi connectivity index (χ3v) is 5.30. The summed E-state index contributed by atoms with van der Waals surface area (Å²) in [5.74, 6) is 23.5. The third-order valence-electron chi connectivity index (χ3n) is 4.84. The zero-order valence-electron chi connectivity index (χ0n) is 24.8. The van der Waals surface area contributed by atoms with E-state index in [0.717, 1.165) is 19.3 Å². The average Bonchev–Trinajstić information content (AvgIpc) is 2.89. The van der Waals surface area contributed by atoms with Gasteiger partial charge in [-0.3, -0.25) is 4.79 Å². The zero-order valence-corrected chi connectivity index (χ0v) is 30.7. The van der Waals surface area contributed by atoms with E-state index in [1.165, 1.54) is 44.9 Å². The number of ether oxygens (including phenoxy) is 2. The number of phosphoric acid groups is 1. The van der Waals surface area contributed by atoms with Crippen molar-refractivity contribution in [3.05, 3.63) is 0 Å². The number of terminal acetylenes is 1. The zero-order chi connectivity index (χ0) is 29.0. The Labute approximate surface area is 318 Å². The maximum absolute atomic E-state index is 12.1. The molecular weight excluding hydrogens is 597 g/mol. The molecule has 0 bridgehead atoms. The fourth-order valence-electron chi connectivity index (χ4n) is 3.01. The van der Waals surface area contributed by atoms with Crippen LogP contribution in [0.5, 0.6) is 0 Å². The Morgan fingerprint density at radius 1 is 0.762 bits per heavy atom. The van der Waals surface area contributed by atoms with Crippen molar-refractivity contribution >= 4 is 33.3 Å². The van der Waals surface area contributed by atoms with Crippen molar-refractivity contribution in [2.24, 2.45) is 0 Å². The minimum absolute atomic E-state index is 0. The Kier molecular flexibility index (Phi) is 38.9. The Balaban J connectivity index is -0.0000000793. The van der Waals surface area contributed by atoms with Gasteiger partial charge in [-0.2, -0.15) is 13.5 Å². The van der Waals surface area contributed by atoms with Crippen molar-refractivity contribution in [1.29, 1.82) is 0 Å². The topological polar surface area (TPSA) is 125 Å². The number of hydrogen-bond donors (Lipinski definition) is 0. The number of phosphoric ester groups is 1. The standard InChI is InChI=1S/C30H35O8P.2Na.H2S.11H2/c1-3-5-7-9-11-13-15-17-19-21-23-25-30(32)38-28(27-37-39(33,34)35)26-36-29(31)24-22-20-18-16-14-12-10-8-6-4-2;;;;;;;;;;;;;;/h2,28H,3,5,7,9,11,13,15,17,19,21,23,25-27H2,1H3,(H2,33,34,35);;;1H2;11*1H/q;2*+1;;;;;;;;;;;;/p-2/t28-;;;;;;;;;;;;;;/m0............../s1. The van der Waals surface area contributed by atoms with Gasteiger partial charge in [-0.05, 0) is 65.6 Å². The summed E-state index contributed by atoms with van der Waals surface area (Å²) in [6.07, 6.45) is 16.1. The first-order chi connectivity index (χ1) is 18.8. The van der Waals surface area contributed by atoms with Crippen molar-refractivity contribution in [2.75, 3.05) is 13.2 Å². The first-order valence-electron chi connectivity index (χ1n) is 12.8. The van der Waals surface area contributed by atoms with Crippen LogP contribution >= 0.6 is 21.3 Å². The average molecular weight is 655 g/mol. The molecule has 8 nitrogen and oxygen atoms in total. The van der Waals surface area contributed by atoms with E-state index >= 15 is 0 Å². The van der Waals surface area contributed by atoms with Gasteiger partial charge in [-0.1, -0.05) is 71.1 Å². The molecule has 42 heavy (non-hydrogen) atoms. The van der Waals surface area contributed by atoms with Gasteiger partial charge in [-0.25, -0.2) is 4.79 Å². The van der Waals surface area contributed by atoms with Crippen molar-refractivity contribution in [3.8, 4) is 71.5 Å². The second kappa shape index (κ2) is 34.3. The van der Waals surface area contributed by atoms with Crippen LogP contribution in [0.2, 0.25) is 0 Å². The number of carbonyl (C=O) groups is 2. The van der Waals surface area contributed by atoms with Crippen molar-refractivity contribution in [2.45, 2.75) is 90.1 Å². The van der Waals surface area contributed by atoms with E-state index in [1.807, 2.05) is 0 Å². The normalized spacial score (nSPS) is 9.38. The Hall–Kier alpha value is -1.24. The smallest absolute Gasteiger partial charge is 0.790 e. The molecule has 0 saturated carbocycles. The molecule has 0 saturated heterocycles. The number of unbranched alkanes of at least 4 members (excludes halogenated alkanes) is 10. The SMILES string of the molecule is C#CC#CC#CC#CC#CC#CC(=O)OC[C@@H](COP(=O)([O-])[O-])OC(=O)CCCCCCCCCCCCC.S.[HH].[HH].[HH].[HH].[HH].[HH].[HH].[HH].[HH].[HH].[HH].[Na+].[Na+]. The predicted octanol–water partition coefficient (Wildman–Crippen LogP) is -0.535. The molecule has 0 aliphatic heterocycles. The quantitative estimate of drug-likeness (QED) is 0.0483. The van der Waals surface area contributed by atoms with Crippen LogP contribution in [0.4, 0.5) is 0 Å². The summed E-state index contributed by atoms with van der Waals surface area (Å²) in [6, 6.07) is 0. The Morgan fingerprint density at radius 3 is 1.69 bits per heavy atom. The van der Waals surface area contributed by atoms with E-state index in [0.29, 0.717) is 6.42 Å². The second-order valence-electron chi connectivity index (χ2n) is 8.13. The van der Waals surface area contributed by atoms with Crippen LogP contribution in [0, 0.1) is 71.5 Å². The predicted molar refractivity (Wildman–Crippen MR) is 177 cm³/mol. The van der Waals surface area contributed by atoms with Crippen LogP contribution < -0.4 is 68.9 Å². The van der Waals surface area contributed by atoms with Gasteiger partial charge in [0.2, 0.25) is 0 Å². The molecule has 12 heteroatoms. The Bertz CT molecular complexity index is 1210. The molecule has 0 aromatic heterocycles. The summed E-state index contributed by atoms with van der Waals surface area (Å²) < 4.78 is 24.9. The summed E-state index contributed by atoms with van der Waals surface area (Å²) in [5, 5.41) is 0. The number of rotatable bonds is 18. The maximum atomic E-state index is 12.1. The molecule has 0 aliphatic rings. The molecular formula is C30H57Na2O8PS. The summed E-state index contributed by atoms with van der Waals surface area (Å²) >= 11 is 0. The maximum Gasteiger partial charge on any atom is 1.00 e. The van der Waals surface area contributed by atoms with E-state index in [4.69, 9.17) is 15.9 Å². The molecule has 0 aliphatic carbocycles. The molecule has 0 fully saturated rings. The number of carbonyl (C=O) groups excluding carboxylic acids is 2. The molecule has 0 radical (unpaired) electrons. The van der Waals surface area contributed by atoms with Crippen molar-refractivity contribution in [1.82, 2.24) is 0 Å². The Morgan fingerprint density at radius 2 is 1.21 bits per heavy atom. The van der Waals surface area contributed by atoms with Crippen LogP contribution in [0.3, 0.4) is 0 Å². The van der Waals surface area contributed by atoms with E-state index in [1.54, 1.807) is 0 Å². The van der Waals surface area contributed by atoms with E-state index < -0.39 is 39.1 Å². The number of hydrogen-bond acceptors (Lipinski definition) is 8. The monoisotopic (exact) mass is 654 g/mol. The van der Waals surface area contributed by atoms with E-state index in [-0.39, 0.29) is 94.7 Å². The first kappa shape index (κ1) is 47.7. The largest absolute Gasteiger partial charge is 1.00 e. The molecule has 0 unspecified atom stereocenters. The molecule has 0 aromatic rings. The van der Waals surface area contributed by atoms with Gasteiger partial charge in [-0.15, -0.1) is 6.42 Å². The summed E-state index contributed by atoms with van der Waals surface area (Å²) in [4.78, 5) is 45.4. The van der Waals surface area contributed by atoms with Crippen LogP contribution in [0.15, 0.2) is 0 Å².